The summed E-state index contributed by atoms with van der Waals surface area (Å²) < 4.78 is 26.1. The van der Waals surface area contributed by atoms with Gasteiger partial charge in [-0.2, -0.15) is 0 Å². The first-order valence-corrected chi connectivity index (χ1v) is 7.46. The van der Waals surface area contributed by atoms with Crippen molar-refractivity contribution in [3.8, 4) is 5.75 Å². The summed E-state index contributed by atoms with van der Waals surface area (Å²) >= 11 is 0. The summed E-state index contributed by atoms with van der Waals surface area (Å²) in [4.78, 5) is 0. The van der Waals surface area contributed by atoms with Gasteiger partial charge in [-0.1, -0.05) is 36.4 Å². The third kappa shape index (κ3) is 2.85. The number of aryl methyl sites for hydroxylation is 1. The number of fused-ring (bicyclic) bond motifs is 1. The van der Waals surface area contributed by atoms with E-state index in [2.05, 4.69) is 5.32 Å². The molecule has 0 saturated carbocycles. The molecule has 0 fully saturated rings. The lowest BCUT2D eigenvalue weighted by Gasteiger charge is -2.34. The Morgan fingerprint density at radius 3 is 2.82 bits per heavy atom. The van der Waals surface area contributed by atoms with Crippen molar-refractivity contribution in [2.75, 3.05) is 13.6 Å². The predicted octanol–water partition coefficient (Wildman–Crippen LogP) is 3.37. The first-order chi connectivity index (χ1) is 10.7. The van der Waals surface area contributed by atoms with Crippen LogP contribution in [-0.4, -0.2) is 19.7 Å². The maximum atomic E-state index is 14.1. The fraction of sp³-hybridized carbons (Fsp3) is 0.333. The van der Waals surface area contributed by atoms with Crippen LogP contribution in [0, 0.1) is 12.7 Å². The minimum absolute atomic E-state index is 0.154. The summed E-state index contributed by atoms with van der Waals surface area (Å²) in [6, 6.07) is 13.0. The summed E-state index contributed by atoms with van der Waals surface area (Å²) in [5.41, 5.74) is 2.94. The van der Waals surface area contributed by atoms with E-state index in [1.165, 1.54) is 6.07 Å². The number of likely N-dealkylation sites (N-methyl/N-ethyl adjacent to an activating group) is 1. The van der Waals surface area contributed by atoms with Gasteiger partial charge in [0.05, 0.1) is 6.61 Å². The summed E-state index contributed by atoms with van der Waals surface area (Å²) in [5, 5.41) is 3.11. The van der Waals surface area contributed by atoms with Crippen LogP contribution in [0.5, 0.6) is 5.75 Å². The number of halogens is 1. The van der Waals surface area contributed by atoms with Crippen molar-refractivity contribution in [1.82, 2.24) is 5.32 Å². The predicted molar refractivity (Wildman–Crippen MR) is 83.5 cm³/mol. The molecule has 0 radical (unpaired) electrons. The second-order valence-corrected chi connectivity index (χ2v) is 5.53. The molecule has 2 aromatic rings. The SMILES string of the molecule is CNC[C@H]1OCc2ccccc2[C@H]1Oc1c(C)cccc1F. The minimum Gasteiger partial charge on any atom is -0.480 e. The molecule has 1 N–H and O–H groups in total. The monoisotopic (exact) mass is 301 g/mol. The van der Waals surface area contributed by atoms with Crippen molar-refractivity contribution < 1.29 is 13.9 Å². The number of para-hydroxylation sites is 1. The quantitative estimate of drug-likeness (QED) is 0.939. The van der Waals surface area contributed by atoms with Crippen molar-refractivity contribution >= 4 is 0 Å². The van der Waals surface area contributed by atoms with Crippen LogP contribution in [0.25, 0.3) is 0 Å². The summed E-state index contributed by atoms with van der Waals surface area (Å²) in [5.74, 6) is -0.0415. The molecule has 2 aromatic carbocycles. The fourth-order valence-electron chi connectivity index (χ4n) is 2.83. The van der Waals surface area contributed by atoms with Gasteiger partial charge < -0.3 is 14.8 Å². The van der Waals surface area contributed by atoms with Gasteiger partial charge in [-0.25, -0.2) is 4.39 Å². The molecule has 0 saturated heterocycles. The zero-order valence-electron chi connectivity index (χ0n) is 12.8. The van der Waals surface area contributed by atoms with E-state index in [4.69, 9.17) is 9.47 Å². The molecule has 116 valence electrons. The van der Waals surface area contributed by atoms with Gasteiger partial charge in [0.25, 0.3) is 0 Å². The van der Waals surface area contributed by atoms with Gasteiger partial charge in [-0.3, -0.25) is 0 Å². The Labute approximate surface area is 130 Å². The highest BCUT2D eigenvalue weighted by molar-refractivity contribution is 5.37. The van der Waals surface area contributed by atoms with Crippen LogP contribution in [0.4, 0.5) is 4.39 Å². The fourth-order valence-corrected chi connectivity index (χ4v) is 2.83. The van der Waals surface area contributed by atoms with Crippen molar-refractivity contribution in [2.24, 2.45) is 0 Å². The average Bonchev–Trinajstić information content (AvgIpc) is 2.52. The van der Waals surface area contributed by atoms with E-state index in [9.17, 15) is 4.39 Å². The van der Waals surface area contributed by atoms with E-state index in [1.54, 1.807) is 6.07 Å². The minimum atomic E-state index is -0.341. The topological polar surface area (TPSA) is 30.5 Å². The lowest BCUT2D eigenvalue weighted by Crippen LogP contribution is -2.38. The molecule has 0 bridgehead atoms. The average molecular weight is 301 g/mol. The van der Waals surface area contributed by atoms with E-state index in [0.29, 0.717) is 18.9 Å². The van der Waals surface area contributed by atoms with Crippen LogP contribution in [0.3, 0.4) is 0 Å². The van der Waals surface area contributed by atoms with Gasteiger partial charge in [0.2, 0.25) is 0 Å². The highest BCUT2D eigenvalue weighted by atomic mass is 19.1. The molecule has 1 heterocycles. The Kier molecular flexibility index (Phi) is 4.41. The Hall–Kier alpha value is -1.91. The molecule has 0 unspecified atom stereocenters. The van der Waals surface area contributed by atoms with Crippen LogP contribution in [0.2, 0.25) is 0 Å². The Morgan fingerprint density at radius 1 is 1.23 bits per heavy atom. The lowest BCUT2D eigenvalue weighted by atomic mass is 9.95. The van der Waals surface area contributed by atoms with Crippen molar-refractivity contribution in [1.29, 1.82) is 0 Å². The number of nitrogens with one attached hydrogen (secondary N) is 1. The van der Waals surface area contributed by atoms with Gasteiger partial charge >= 0.3 is 0 Å². The normalized spacial score (nSPS) is 20.5. The van der Waals surface area contributed by atoms with E-state index in [1.807, 2.05) is 44.3 Å². The molecule has 4 heteroatoms. The third-order valence-corrected chi connectivity index (χ3v) is 3.97. The molecule has 0 spiro atoms. The first-order valence-electron chi connectivity index (χ1n) is 7.46. The summed E-state index contributed by atoms with van der Waals surface area (Å²) in [6.07, 6.45) is -0.480. The highest BCUT2D eigenvalue weighted by Crippen LogP contribution is 2.35. The molecule has 1 aliphatic rings. The van der Waals surface area contributed by atoms with E-state index >= 15 is 0 Å². The van der Waals surface area contributed by atoms with Crippen molar-refractivity contribution in [3.05, 3.63) is 65.0 Å². The number of rotatable bonds is 4. The van der Waals surface area contributed by atoms with E-state index in [-0.39, 0.29) is 18.0 Å². The largest absolute Gasteiger partial charge is 0.480 e. The maximum Gasteiger partial charge on any atom is 0.165 e. The third-order valence-electron chi connectivity index (χ3n) is 3.97. The maximum absolute atomic E-state index is 14.1. The van der Waals surface area contributed by atoms with Gasteiger partial charge in [0.15, 0.2) is 17.7 Å². The van der Waals surface area contributed by atoms with Gasteiger partial charge in [0, 0.05) is 12.1 Å². The smallest absolute Gasteiger partial charge is 0.165 e. The van der Waals surface area contributed by atoms with Gasteiger partial charge in [-0.05, 0) is 31.2 Å². The van der Waals surface area contributed by atoms with Crippen molar-refractivity contribution in [3.63, 3.8) is 0 Å². The van der Waals surface area contributed by atoms with E-state index < -0.39 is 0 Å². The second kappa shape index (κ2) is 6.46. The summed E-state index contributed by atoms with van der Waals surface area (Å²) in [7, 11) is 1.87. The zero-order chi connectivity index (χ0) is 15.5. The highest BCUT2D eigenvalue weighted by Gasteiger charge is 2.32. The molecule has 1 aliphatic heterocycles. The van der Waals surface area contributed by atoms with Gasteiger partial charge in [0.1, 0.15) is 6.10 Å². The number of hydrogen-bond donors (Lipinski definition) is 1. The molecule has 22 heavy (non-hydrogen) atoms. The Bertz CT molecular complexity index is 639. The van der Waals surface area contributed by atoms with Gasteiger partial charge in [-0.15, -0.1) is 0 Å². The Morgan fingerprint density at radius 2 is 2.05 bits per heavy atom. The molecular formula is C18H20FNO2. The summed E-state index contributed by atoms with van der Waals surface area (Å²) in [6.45, 7) is 3.05. The van der Waals surface area contributed by atoms with Crippen LogP contribution >= 0.6 is 0 Å². The number of hydrogen-bond acceptors (Lipinski definition) is 3. The van der Waals surface area contributed by atoms with Crippen LogP contribution in [-0.2, 0) is 11.3 Å². The van der Waals surface area contributed by atoms with E-state index in [0.717, 1.165) is 16.7 Å². The first kappa shape index (κ1) is 15.0. The number of benzene rings is 2. The molecule has 0 aliphatic carbocycles. The molecule has 0 amide bonds. The zero-order valence-corrected chi connectivity index (χ0v) is 12.8. The molecular weight excluding hydrogens is 281 g/mol. The van der Waals surface area contributed by atoms with Crippen LogP contribution in [0.15, 0.2) is 42.5 Å². The standard InChI is InChI=1S/C18H20FNO2/c1-12-6-5-9-15(19)17(12)22-18-14-8-4-3-7-13(14)11-21-16(18)10-20-2/h3-9,16,18,20H,10-11H2,1-2H3/t16-,18-/m1/s1. The second-order valence-electron chi connectivity index (χ2n) is 5.53. The molecule has 0 aromatic heterocycles. The van der Waals surface area contributed by atoms with Crippen LogP contribution in [0.1, 0.15) is 22.8 Å². The van der Waals surface area contributed by atoms with Crippen molar-refractivity contribution in [2.45, 2.75) is 25.7 Å². The Balaban J connectivity index is 1.97. The van der Waals surface area contributed by atoms with Crippen LogP contribution < -0.4 is 10.1 Å². The molecule has 2 atom stereocenters. The lowest BCUT2D eigenvalue weighted by molar-refractivity contribution is -0.0509. The molecule has 3 rings (SSSR count). The molecule has 3 nitrogen and oxygen atoms in total. The number of ether oxygens (including phenoxy) is 2.